The van der Waals surface area contributed by atoms with Crippen molar-refractivity contribution in [3.63, 3.8) is 0 Å². The maximum absolute atomic E-state index is 12.2. The summed E-state index contributed by atoms with van der Waals surface area (Å²) in [6.07, 6.45) is 2.43. The Labute approximate surface area is 150 Å². The Morgan fingerprint density at radius 3 is 2.96 bits per heavy atom. The summed E-state index contributed by atoms with van der Waals surface area (Å²) in [5, 5.41) is 11.0. The molecule has 0 aliphatic heterocycles. The van der Waals surface area contributed by atoms with Gasteiger partial charge in [-0.2, -0.15) is 5.10 Å². The van der Waals surface area contributed by atoms with Gasteiger partial charge in [-0.15, -0.1) is 0 Å². The van der Waals surface area contributed by atoms with Crippen LogP contribution in [0.15, 0.2) is 59.2 Å². The minimum atomic E-state index is -0.187. The molecule has 0 unspecified atom stereocenters. The lowest BCUT2D eigenvalue weighted by Gasteiger charge is -2.08. The number of furan rings is 1. The summed E-state index contributed by atoms with van der Waals surface area (Å²) in [7, 11) is 0. The number of H-pyrrole nitrogens is 1. The minimum Gasteiger partial charge on any atom is -0.463 e. The largest absolute Gasteiger partial charge is 0.463 e. The van der Waals surface area contributed by atoms with Crippen molar-refractivity contribution in [1.29, 1.82) is 0 Å². The van der Waals surface area contributed by atoms with Gasteiger partial charge in [-0.1, -0.05) is 18.2 Å². The third kappa shape index (κ3) is 3.13. The lowest BCUT2D eigenvalue weighted by molar-refractivity contribution is 0.0948. The molecule has 4 aromatic rings. The molecular formula is C20H20N4O2. The van der Waals surface area contributed by atoms with E-state index in [4.69, 9.17) is 4.42 Å². The second kappa shape index (κ2) is 6.92. The Bertz CT molecular complexity index is 1030. The Morgan fingerprint density at radius 2 is 2.12 bits per heavy atom. The van der Waals surface area contributed by atoms with Gasteiger partial charge in [0.05, 0.1) is 6.26 Å². The maximum Gasteiger partial charge on any atom is 0.271 e. The van der Waals surface area contributed by atoms with E-state index >= 15 is 0 Å². The highest BCUT2D eigenvalue weighted by Crippen LogP contribution is 2.19. The molecule has 0 saturated carbocycles. The number of fused-ring (bicyclic) bond motifs is 1. The molecular weight excluding hydrogens is 328 g/mol. The van der Waals surface area contributed by atoms with E-state index < -0.39 is 0 Å². The average Bonchev–Trinajstić information content (AvgIpc) is 3.38. The number of aromatic nitrogens is 3. The van der Waals surface area contributed by atoms with Gasteiger partial charge in [0.25, 0.3) is 5.91 Å². The summed E-state index contributed by atoms with van der Waals surface area (Å²) in [5.41, 5.74) is 3.51. The first kappa shape index (κ1) is 16.2. The highest BCUT2D eigenvalue weighted by atomic mass is 16.3. The van der Waals surface area contributed by atoms with Gasteiger partial charge in [0, 0.05) is 30.4 Å². The van der Waals surface area contributed by atoms with Crippen LogP contribution in [-0.4, -0.2) is 27.2 Å². The number of hydrogen-bond donors (Lipinski definition) is 2. The van der Waals surface area contributed by atoms with E-state index in [1.807, 2.05) is 18.2 Å². The zero-order valence-corrected chi connectivity index (χ0v) is 14.5. The number of hydrogen-bond acceptors (Lipinski definition) is 3. The molecule has 0 atom stereocenters. The van der Waals surface area contributed by atoms with Crippen molar-refractivity contribution in [2.45, 2.75) is 19.9 Å². The molecule has 0 fully saturated rings. The second-order valence-corrected chi connectivity index (χ2v) is 6.25. The molecule has 6 heteroatoms. The van der Waals surface area contributed by atoms with E-state index in [2.05, 4.69) is 45.2 Å². The molecule has 0 aliphatic carbocycles. The standard InChI is InChI=1S/C20H20N4O2/c1-14-12-15-6-2-3-7-18(15)24(14)10-5-9-21-20(25)17-13-16(22-23-17)19-8-4-11-26-19/h2-4,6-8,11-13H,5,9-10H2,1H3,(H,21,25)(H,22,23). The molecule has 3 heterocycles. The zero-order valence-electron chi connectivity index (χ0n) is 14.5. The topological polar surface area (TPSA) is 75.8 Å². The Kier molecular flexibility index (Phi) is 4.31. The van der Waals surface area contributed by atoms with Crippen molar-refractivity contribution < 1.29 is 9.21 Å². The molecule has 0 aliphatic rings. The van der Waals surface area contributed by atoms with Crippen molar-refractivity contribution in [2.24, 2.45) is 0 Å². The normalized spacial score (nSPS) is 11.1. The Hall–Kier alpha value is -3.28. The van der Waals surface area contributed by atoms with Crippen LogP contribution < -0.4 is 5.32 Å². The summed E-state index contributed by atoms with van der Waals surface area (Å²) < 4.78 is 7.58. The molecule has 26 heavy (non-hydrogen) atoms. The van der Waals surface area contributed by atoms with E-state index in [0.717, 1.165) is 13.0 Å². The molecule has 1 aromatic carbocycles. The van der Waals surface area contributed by atoms with Gasteiger partial charge in [0.2, 0.25) is 0 Å². The smallest absolute Gasteiger partial charge is 0.271 e. The maximum atomic E-state index is 12.2. The summed E-state index contributed by atoms with van der Waals surface area (Å²) in [6.45, 7) is 3.56. The molecule has 1 amide bonds. The monoisotopic (exact) mass is 348 g/mol. The molecule has 0 bridgehead atoms. The van der Waals surface area contributed by atoms with Gasteiger partial charge in [-0.25, -0.2) is 0 Å². The number of nitrogens with one attached hydrogen (secondary N) is 2. The van der Waals surface area contributed by atoms with E-state index in [1.54, 1.807) is 18.4 Å². The SMILES string of the molecule is Cc1cc2ccccc2n1CCCNC(=O)c1cc(-c2ccco2)[nH]n1. The van der Waals surface area contributed by atoms with E-state index in [-0.39, 0.29) is 5.91 Å². The van der Waals surface area contributed by atoms with Crippen LogP contribution in [0.1, 0.15) is 22.6 Å². The summed E-state index contributed by atoms with van der Waals surface area (Å²) in [6, 6.07) is 15.8. The van der Waals surface area contributed by atoms with Crippen molar-refractivity contribution in [2.75, 3.05) is 6.54 Å². The van der Waals surface area contributed by atoms with Gasteiger partial charge >= 0.3 is 0 Å². The summed E-state index contributed by atoms with van der Waals surface area (Å²) in [4.78, 5) is 12.2. The number of para-hydroxylation sites is 1. The fourth-order valence-corrected chi connectivity index (χ4v) is 3.17. The molecule has 4 rings (SSSR count). The second-order valence-electron chi connectivity index (χ2n) is 6.25. The number of nitrogens with zero attached hydrogens (tertiary/aromatic N) is 2. The summed E-state index contributed by atoms with van der Waals surface area (Å²) >= 11 is 0. The van der Waals surface area contributed by atoms with Crippen LogP contribution >= 0.6 is 0 Å². The number of rotatable bonds is 6. The minimum absolute atomic E-state index is 0.187. The number of aromatic amines is 1. The third-order valence-corrected chi connectivity index (χ3v) is 4.46. The van der Waals surface area contributed by atoms with Gasteiger partial charge in [0.15, 0.2) is 11.5 Å². The van der Waals surface area contributed by atoms with Crippen LogP contribution in [0.25, 0.3) is 22.4 Å². The number of amides is 1. The number of benzene rings is 1. The van der Waals surface area contributed by atoms with Crippen LogP contribution in [0.2, 0.25) is 0 Å². The summed E-state index contributed by atoms with van der Waals surface area (Å²) in [5.74, 6) is 0.472. The quantitative estimate of drug-likeness (QED) is 0.521. The molecule has 6 nitrogen and oxygen atoms in total. The fourth-order valence-electron chi connectivity index (χ4n) is 3.17. The van der Waals surface area contributed by atoms with Crippen LogP contribution in [-0.2, 0) is 6.54 Å². The van der Waals surface area contributed by atoms with Gasteiger partial charge in [-0.3, -0.25) is 9.89 Å². The van der Waals surface area contributed by atoms with Crippen molar-refractivity contribution in [1.82, 2.24) is 20.1 Å². The lowest BCUT2D eigenvalue weighted by atomic mass is 10.2. The van der Waals surface area contributed by atoms with Crippen molar-refractivity contribution in [3.05, 3.63) is 66.2 Å². The zero-order chi connectivity index (χ0) is 17.9. The Morgan fingerprint density at radius 1 is 1.23 bits per heavy atom. The highest BCUT2D eigenvalue weighted by molar-refractivity contribution is 5.93. The van der Waals surface area contributed by atoms with Crippen molar-refractivity contribution in [3.8, 4) is 11.5 Å². The first-order valence-electron chi connectivity index (χ1n) is 8.65. The predicted molar refractivity (Wildman–Crippen MR) is 99.9 cm³/mol. The Balaban J connectivity index is 1.33. The van der Waals surface area contributed by atoms with Crippen molar-refractivity contribution >= 4 is 16.8 Å². The molecule has 132 valence electrons. The third-order valence-electron chi connectivity index (χ3n) is 4.46. The predicted octanol–water partition coefficient (Wildman–Crippen LogP) is 3.75. The number of aryl methyl sites for hydroxylation is 2. The molecule has 0 radical (unpaired) electrons. The molecule has 3 aromatic heterocycles. The van der Waals surface area contributed by atoms with Crippen LogP contribution in [0.4, 0.5) is 0 Å². The average molecular weight is 348 g/mol. The number of carbonyl (C=O) groups is 1. The van der Waals surface area contributed by atoms with E-state index in [9.17, 15) is 4.79 Å². The lowest BCUT2D eigenvalue weighted by Crippen LogP contribution is -2.25. The van der Waals surface area contributed by atoms with E-state index in [1.165, 1.54) is 16.6 Å². The highest BCUT2D eigenvalue weighted by Gasteiger charge is 2.12. The number of carbonyl (C=O) groups excluding carboxylic acids is 1. The van der Waals surface area contributed by atoms with Gasteiger partial charge < -0.3 is 14.3 Å². The van der Waals surface area contributed by atoms with Gasteiger partial charge in [-0.05, 0) is 43.0 Å². The molecule has 0 saturated heterocycles. The van der Waals surface area contributed by atoms with Crippen LogP contribution in [0, 0.1) is 6.92 Å². The fraction of sp³-hybridized carbons (Fsp3) is 0.200. The van der Waals surface area contributed by atoms with E-state index in [0.29, 0.717) is 23.7 Å². The molecule has 0 spiro atoms. The van der Waals surface area contributed by atoms with Crippen LogP contribution in [0.5, 0.6) is 0 Å². The first-order valence-corrected chi connectivity index (χ1v) is 8.65. The first-order chi connectivity index (χ1) is 12.7. The molecule has 2 N–H and O–H groups in total. The van der Waals surface area contributed by atoms with Gasteiger partial charge in [0.1, 0.15) is 5.69 Å². The van der Waals surface area contributed by atoms with Crippen LogP contribution in [0.3, 0.4) is 0 Å².